The number of hydrogen-bond acceptors (Lipinski definition) is 3. The highest BCUT2D eigenvalue weighted by Gasteiger charge is 2.54. The van der Waals surface area contributed by atoms with Crippen molar-refractivity contribution in [2.45, 2.75) is 57.5 Å². The third-order valence-electron chi connectivity index (χ3n) is 7.56. The van der Waals surface area contributed by atoms with Crippen LogP contribution in [-0.2, 0) is 6.42 Å². The van der Waals surface area contributed by atoms with Crippen LogP contribution in [0.15, 0.2) is 48.4 Å². The molecule has 2 aromatic rings. The van der Waals surface area contributed by atoms with E-state index in [9.17, 15) is 9.90 Å². The molecule has 3 heteroatoms. The average Bonchev–Trinajstić information content (AvgIpc) is 3.10. The summed E-state index contributed by atoms with van der Waals surface area (Å²) in [6, 6.07) is 2.85. The van der Waals surface area contributed by atoms with E-state index >= 15 is 0 Å². The highest BCUT2D eigenvalue weighted by atomic mass is 16.5. The zero-order valence-corrected chi connectivity index (χ0v) is 16.0. The number of carbonyl (C=O) groups is 1. The van der Waals surface area contributed by atoms with Gasteiger partial charge in [0.2, 0.25) is 0 Å². The Morgan fingerprint density at radius 1 is 1.18 bits per heavy atom. The van der Waals surface area contributed by atoms with Crippen LogP contribution in [0.3, 0.4) is 0 Å². The van der Waals surface area contributed by atoms with Gasteiger partial charge in [0.05, 0.1) is 18.5 Å². The number of benzene rings is 2. The number of hydrogen-bond donors (Lipinski definition) is 1. The lowest BCUT2D eigenvalue weighted by Crippen LogP contribution is -2.43. The van der Waals surface area contributed by atoms with E-state index in [-0.39, 0.29) is 11.5 Å². The molecule has 0 aliphatic heterocycles. The molecule has 0 heterocycles. The Morgan fingerprint density at radius 3 is 2.82 bits per heavy atom. The van der Waals surface area contributed by atoms with Crippen LogP contribution in [0.1, 0.15) is 73.3 Å². The molecule has 0 spiro atoms. The molecule has 28 heavy (non-hydrogen) atoms. The van der Waals surface area contributed by atoms with Gasteiger partial charge in [-0.3, -0.25) is 0 Å². The Morgan fingerprint density at radius 2 is 2.00 bits per heavy atom. The van der Waals surface area contributed by atoms with Crippen LogP contribution in [0.25, 0.3) is 0 Å². The second kappa shape index (κ2) is 6.73. The van der Waals surface area contributed by atoms with Crippen molar-refractivity contribution in [2.24, 2.45) is 17.3 Å². The van der Waals surface area contributed by atoms with Gasteiger partial charge in [0.25, 0.3) is 0 Å². The minimum Gasteiger partial charge on any atom is -0.423 e. The molecular weight excluding hydrogens is 348 g/mol. The van der Waals surface area contributed by atoms with Crippen molar-refractivity contribution >= 4 is 5.97 Å². The number of aliphatic hydroxyl groups excluding tert-OH is 1. The largest absolute Gasteiger partial charge is 0.423 e. The maximum Gasteiger partial charge on any atom is 0.343 e. The monoisotopic (exact) mass is 381 g/mol. The maximum atomic E-state index is 12.7. The van der Waals surface area contributed by atoms with Crippen LogP contribution >= 0.6 is 0 Å². The number of fused-ring (bicyclic) bond motifs is 5. The van der Waals surface area contributed by atoms with Crippen LogP contribution in [0.4, 0.5) is 0 Å². The van der Waals surface area contributed by atoms with Crippen molar-refractivity contribution in [1.29, 1.82) is 0 Å². The van der Waals surface area contributed by atoms with Crippen molar-refractivity contribution in [3.8, 4) is 5.75 Å². The zero-order chi connectivity index (χ0) is 23.7. The van der Waals surface area contributed by atoms with Gasteiger partial charge in [0.1, 0.15) is 5.75 Å². The number of rotatable bonds is 2. The summed E-state index contributed by atoms with van der Waals surface area (Å²) in [6.45, 7) is 2.25. The number of aryl methyl sites for hydroxylation is 1. The normalized spacial score (nSPS) is 36.0. The van der Waals surface area contributed by atoms with Crippen molar-refractivity contribution in [1.82, 2.24) is 0 Å². The van der Waals surface area contributed by atoms with Gasteiger partial charge in [0, 0.05) is 0 Å². The van der Waals surface area contributed by atoms with Gasteiger partial charge < -0.3 is 9.84 Å². The van der Waals surface area contributed by atoms with E-state index in [0.717, 1.165) is 44.1 Å². The maximum absolute atomic E-state index is 12.7. The summed E-state index contributed by atoms with van der Waals surface area (Å²) in [7, 11) is 0. The topological polar surface area (TPSA) is 46.5 Å². The van der Waals surface area contributed by atoms with Gasteiger partial charge in [0.15, 0.2) is 0 Å². The minimum absolute atomic E-state index is 0.0259. The summed E-state index contributed by atoms with van der Waals surface area (Å²) in [5.41, 5.74) is 2.00. The zero-order valence-electron chi connectivity index (χ0n) is 21.0. The standard InChI is InChI=1S/C25H28O3/c1-25-14-13-20-19-10-8-18(28-24(27)16-5-3-2-4-6-16)15-17(19)7-9-21(20)22(25)11-12-23(25)26/h2-6,8,10,15,20-23,26H,7,9,11-14H2,1H3/t20-,21-,22+,23-,25+/m1/s1/i2D,3D,4D,5D,6D. The fourth-order valence-electron chi connectivity index (χ4n) is 6.10. The van der Waals surface area contributed by atoms with Crippen molar-refractivity contribution < 1.29 is 21.5 Å². The van der Waals surface area contributed by atoms with Crippen LogP contribution in [0.2, 0.25) is 0 Å². The first-order valence-corrected chi connectivity index (χ1v) is 10.2. The summed E-state index contributed by atoms with van der Waals surface area (Å²) in [4.78, 5) is 12.7. The summed E-state index contributed by atoms with van der Waals surface area (Å²) in [6.07, 6.45) is 5.76. The van der Waals surface area contributed by atoms with Crippen molar-refractivity contribution in [3.05, 3.63) is 65.1 Å². The molecule has 3 aliphatic carbocycles. The molecule has 5 atom stereocenters. The van der Waals surface area contributed by atoms with Crippen LogP contribution in [0.5, 0.6) is 5.75 Å². The van der Waals surface area contributed by atoms with E-state index in [4.69, 9.17) is 11.6 Å². The average molecular weight is 382 g/mol. The number of aliphatic hydroxyl groups is 1. The lowest BCUT2D eigenvalue weighted by Gasteiger charge is -2.50. The first-order valence-electron chi connectivity index (χ1n) is 12.7. The van der Waals surface area contributed by atoms with Gasteiger partial charge in [-0.2, -0.15) is 0 Å². The summed E-state index contributed by atoms with van der Waals surface area (Å²) in [5.74, 6) is 0.923. The van der Waals surface area contributed by atoms with E-state index in [1.165, 1.54) is 5.56 Å². The molecule has 0 bridgehead atoms. The quantitative estimate of drug-likeness (QED) is 0.580. The second-order valence-electron chi connectivity index (χ2n) is 8.80. The summed E-state index contributed by atoms with van der Waals surface area (Å²) >= 11 is 0. The second-order valence-corrected chi connectivity index (χ2v) is 8.80. The Labute approximate surface area is 173 Å². The molecule has 0 saturated heterocycles. The van der Waals surface area contributed by atoms with E-state index < -0.39 is 41.7 Å². The van der Waals surface area contributed by atoms with Gasteiger partial charge in [-0.25, -0.2) is 4.79 Å². The Balaban J connectivity index is 1.40. The Hall–Kier alpha value is -2.13. The van der Waals surface area contributed by atoms with Gasteiger partial charge >= 0.3 is 5.97 Å². The molecule has 0 radical (unpaired) electrons. The lowest BCUT2D eigenvalue weighted by atomic mass is 9.55. The van der Waals surface area contributed by atoms with Crippen LogP contribution < -0.4 is 4.74 Å². The molecule has 3 aliphatic rings. The molecule has 146 valence electrons. The molecule has 5 rings (SSSR count). The van der Waals surface area contributed by atoms with Gasteiger partial charge in [-0.1, -0.05) is 31.1 Å². The molecule has 2 fully saturated rings. The number of carbonyl (C=O) groups excluding carboxylic acids is 1. The van der Waals surface area contributed by atoms with E-state index in [1.54, 1.807) is 6.07 Å². The van der Waals surface area contributed by atoms with Crippen LogP contribution in [-0.4, -0.2) is 17.2 Å². The smallest absolute Gasteiger partial charge is 0.343 e. The highest BCUT2D eigenvalue weighted by Crippen LogP contribution is 2.60. The summed E-state index contributed by atoms with van der Waals surface area (Å²) < 4.78 is 44.6. The predicted octanol–water partition coefficient (Wildman–Crippen LogP) is 5.12. The predicted molar refractivity (Wildman–Crippen MR) is 108 cm³/mol. The first-order chi connectivity index (χ1) is 15.6. The lowest BCUT2D eigenvalue weighted by molar-refractivity contribution is -0.0226. The van der Waals surface area contributed by atoms with E-state index in [2.05, 4.69) is 6.92 Å². The SMILES string of the molecule is [2H]c1c([2H])c([2H])c(C(=O)Oc2ccc3c(c2)CC[C@@H]2[C@@H]3CC[C@]3(C)[C@H](O)CC[C@@H]23)c([2H])c1[2H]. The van der Waals surface area contributed by atoms with Gasteiger partial charge in [-0.05, 0) is 97.0 Å². The Kier molecular flexibility index (Phi) is 3.17. The van der Waals surface area contributed by atoms with Gasteiger partial charge in [-0.15, -0.1) is 0 Å². The molecule has 2 aromatic carbocycles. The molecule has 2 saturated carbocycles. The highest BCUT2D eigenvalue weighted by molar-refractivity contribution is 5.91. The van der Waals surface area contributed by atoms with E-state index in [0.29, 0.717) is 23.5 Å². The van der Waals surface area contributed by atoms with Crippen molar-refractivity contribution in [2.75, 3.05) is 0 Å². The molecular formula is C25H28O3. The molecule has 1 N–H and O–H groups in total. The Bertz CT molecular complexity index is 1120. The third-order valence-corrected chi connectivity index (χ3v) is 7.56. The number of ether oxygens (including phenoxy) is 1. The van der Waals surface area contributed by atoms with E-state index in [1.807, 2.05) is 12.1 Å². The molecule has 0 aromatic heterocycles. The fraction of sp³-hybridized carbons (Fsp3) is 0.480. The van der Waals surface area contributed by atoms with Crippen LogP contribution in [0, 0.1) is 17.3 Å². The fourth-order valence-corrected chi connectivity index (χ4v) is 6.10. The van der Waals surface area contributed by atoms with Crippen molar-refractivity contribution in [3.63, 3.8) is 0 Å². The third kappa shape index (κ3) is 2.79. The number of esters is 1. The molecule has 0 unspecified atom stereocenters. The minimum atomic E-state index is -0.950. The molecule has 0 amide bonds. The summed E-state index contributed by atoms with van der Waals surface area (Å²) in [5, 5.41) is 10.6. The molecule has 3 nitrogen and oxygen atoms in total. The first kappa shape index (κ1) is 13.2.